The lowest BCUT2D eigenvalue weighted by atomic mass is 9.96. The molecule has 154 valence electrons. The van der Waals surface area contributed by atoms with E-state index in [1.807, 2.05) is 23.9 Å². The predicted molar refractivity (Wildman–Crippen MR) is 129 cm³/mol. The Labute approximate surface area is 186 Å². The fourth-order valence-electron chi connectivity index (χ4n) is 3.15. The molecular weight excluding hydrogens is 471 g/mol. The van der Waals surface area contributed by atoms with Crippen molar-refractivity contribution in [3.63, 3.8) is 0 Å². The van der Waals surface area contributed by atoms with E-state index in [4.69, 9.17) is 9.73 Å². The zero-order valence-corrected chi connectivity index (χ0v) is 20.0. The van der Waals surface area contributed by atoms with Gasteiger partial charge in [-0.15, -0.1) is 24.0 Å². The lowest BCUT2D eigenvalue weighted by Crippen LogP contribution is -2.39. The molecule has 0 atom stereocenters. The zero-order valence-electron chi connectivity index (χ0n) is 16.9. The summed E-state index contributed by atoms with van der Waals surface area (Å²) in [4.78, 5) is 7.34. The maximum absolute atomic E-state index is 5.23. The molecule has 5 nitrogen and oxygen atoms in total. The lowest BCUT2D eigenvalue weighted by molar-refractivity contribution is 0.180. The molecule has 1 aliphatic heterocycles. The molecule has 1 aromatic rings. The minimum absolute atomic E-state index is 0. The van der Waals surface area contributed by atoms with Crippen LogP contribution >= 0.6 is 35.7 Å². The average Bonchev–Trinajstić information content (AvgIpc) is 2.68. The summed E-state index contributed by atoms with van der Waals surface area (Å²) in [5.41, 5.74) is 1.36. The number of benzene rings is 1. The molecule has 0 unspecified atom stereocenters. The second-order valence-corrected chi connectivity index (χ2v) is 7.69. The third-order valence-corrected chi connectivity index (χ3v) is 5.34. The van der Waals surface area contributed by atoms with Crippen molar-refractivity contribution in [2.75, 3.05) is 51.8 Å². The number of halogens is 1. The van der Waals surface area contributed by atoms with Crippen molar-refractivity contribution >= 4 is 41.7 Å². The number of rotatable bonds is 9. The fraction of sp³-hybridized carbons (Fsp3) is 0.650. The molecule has 0 radical (unpaired) electrons. The third-order valence-electron chi connectivity index (χ3n) is 4.72. The number of hydrogen-bond donors (Lipinski definition) is 2. The van der Waals surface area contributed by atoms with Gasteiger partial charge in [-0.05, 0) is 62.7 Å². The highest BCUT2D eigenvalue weighted by molar-refractivity contribution is 14.0. The molecular formula is C20H35IN4OS. The van der Waals surface area contributed by atoms with Crippen molar-refractivity contribution in [2.45, 2.75) is 26.3 Å². The van der Waals surface area contributed by atoms with Gasteiger partial charge in [0.05, 0.1) is 7.11 Å². The van der Waals surface area contributed by atoms with Gasteiger partial charge < -0.3 is 15.4 Å². The first-order valence-electron chi connectivity index (χ1n) is 9.61. The van der Waals surface area contributed by atoms with Crippen LogP contribution in [-0.4, -0.2) is 62.7 Å². The van der Waals surface area contributed by atoms with E-state index in [0.717, 1.165) is 56.7 Å². The summed E-state index contributed by atoms with van der Waals surface area (Å²) in [5.74, 6) is 3.68. The molecule has 7 heteroatoms. The molecule has 1 aromatic carbocycles. The number of likely N-dealkylation sites (tertiary alicyclic amines) is 1. The standard InChI is InChI=1S/C20H34N4OS.HI/c1-4-21-20(22-11-14-26-3)23-15-17-9-12-24(13-10-17)16-18-5-7-19(25-2)8-6-18;/h5-8,17H,4,9-16H2,1-3H3,(H2,21,22,23);1H. The van der Waals surface area contributed by atoms with Crippen LogP contribution in [0, 0.1) is 5.92 Å². The van der Waals surface area contributed by atoms with Crippen LogP contribution in [0.15, 0.2) is 29.3 Å². The zero-order chi connectivity index (χ0) is 18.6. The van der Waals surface area contributed by atoms with Crippen LogP contribution in [-0.2, 0) is 6.54 Å². The smallest absolute Gasteiger partial charge is 0.191 e. The molecule has 2 rings (SSSR count). The first-order chi connectivity index (χ1) is 12.7. The topological polar surface area (TPSA) is 48.9 Å². The summed E-state index contributed by atoms with van der Waals surface area (Å²) in [5, 5.41) is 6.75. The molecule has 1 saturated heterocycles. The summed E-state index contributed by atoms with van der Waals surface area (Å²) in [6, 6.07) is 8.42. The van der Waals surface area contributed by atoms with Crippen molar-refractivity contribution in [2.24, 2.45) is 10.9 Å². The van der Waals surface area contributed by atoms with Gasteiger partial charge in [0, 0.05) is 31.9 Å². The summed E-state index contributed by atoms with van der Waals surface area (Å²) >= 11 is 1.85. The Hall–Kier alpha value is -0.670. The van der Waals surface area contributed by atoms with E-state index in [1.54, 1.807) is 7.11 Å². The largest absolute Gasteiger partial charge is 0.497 e. The summed E-state index contributed by atoms with van der Waals surface area (Å²) in [6.45, 7) is 8.25. The van der Waals surface area contributed by atoms with E-state index in [1.165, 1.54) is 18.4 Å². The minimum atomic E-state index is 0. The lowest BCUT2D eigenvalue weighted by Gasteiger charge is -2.31. The molecule has 0 spiro atoms. The number of piperidine rings is 1. The molecule has 0 bridgehead atoms. The van der Waals surface area contributed by atoms with Crippen LogP contribution < -0.4 is 15.4 Å². The highest BCUT2D eigenvalue weighted by Gasteiger charge is 2.19. The number of nitrogens with zero attached hydrogens (tertiary/aromatic N) is 2. The average molecular weight is 506 g/mol. The van der Waals surface area contributed by atoms with E-state index in [2.05, 4.69) is 40.8 Å². The fourth-order valence-corrected chi connectivity index (χ4v) is 3.46. The normalized spacial score (nSPS) is 15.9. The third kappa shape index (κ3) is 9.38. The number of thioether (sulfide) groups is 1. The van der Waals surface area contributed by atoms with Crippen molar-refractivity contribution in [1.29, 1.82) is 0 Å². The molecule has 1 heterocycles. The SMILES string of the molecule is CCNC(=NCC1CCN(Cc2ccc(OC)cc2)CC1)NCCSC.I. The Morgan fingerprint density at radius 2 is 1.93 bits per heavy atom. The maximum atomic E-state index is 5.23. The first kappa shape index (κ1) is 24.4. The van der Waals surface area contributed by atoms with Crippen LogP contribution in [0.1, 0.15) is 25.3 Å². The van der Waals surface area contributed by atoms with Crippen molar-refractivity contribution in [3.05, 3.63) is 29.8 Å². The quantitative estimate of drug-likeness (QED) is 0.233. The second kappa shape index (κ2) is 14.3. The molecule has 0 saturated carbocycles. The van der Waals surface area contributed by atoms with Gasteiger partial charge in [-0.25, -0.2) is 0 Å². The summed E-state index contributed by atoms with van der Waals surface area (Å²) in [6.07, 6.45) is 4.58. The van der Waals surface area contributed by atoms with Gasteiger partial charge in [-0.1, -0.05) is 12.1 Å². The van der Waals surface area contributed by atoms with E-state index in [9.17, 15) is 0 Å². The number of hydrogen-bond acceptors (Lipinski definition) is 4. The highest BCUT2D eigenvalue weighted by Crippen LogP contribution is 2.20. The predicted octanol–water partition coefficient (Wildman–Crippen LogP) is 3.44. The monoisotopic (exact) mass is 506 g/mol. The van der Waals surface area contributed by atoms with Gasteiger partial charge >= 0.3 is 0 Å². The van der Waals surface area contributed by atoms with Crippen LogP contribution in [0.5, 0.6) is 5.75 Å². The Morgan fingerprint density at radius 1 is 1.22 bits per heavy atom. The Balaban J connectivity index is 0.00000364. The maximum Gasteiger partial charge on any atom is 0.191 e. The van der Waals surface area contributed by atoms with Crippen molar-refractivity contribution < 1.29 is 4.74 Å². The van der Waals surface area contributed by atoms with E-state index in [0.29, 0.717) is 5.92 Å². The van der Waals surface area contributed by atoms with Gasteiger partial charge in [0.15, 0.2) is 5.96 Å². The van der Waals surface area contributed by atoms with Crippen LogP contribution in [0.4, 0.5) is 0 Å². The van der Waals surface area contributed by atoms with E-state index < -0.39 is 0 Å². The molecule has 1 aliphatic rings. The Bertz CT molecular complexity index is 533. The molecule has 1 fully saturated rings. The summed E-state index contributed by atoms with van der Waals surface area (Å²) < 4.78 is 5.23. The summed E-state index contributed by atoms with van der Waals surface area (Å²) in [7, 11) is 1.71. The van der Waals surface area contributed by atoms with Crippen LogP contribution in [0.3, 0.4) is 0 Å². The molecule has 27 heavy (non-hydrogen) atoms. The molecule has 0 amide bonds. The number of nitrogens with one attached hydrogen (secondary N) is 2. The van der Waals surface area contributed by atoms with Crippen LogP contribution in [0.2, 0.25) is 0 Å². The number of guanidine groups is 1. The van der Waals surface area contributed by atoms with Gasteiger partial charge in [-0.2, -0.15) is 11.8 Å². The molecule has 2 N–H and O–H groups in total. The van der Waals surface area contributed by atoms with Gasteiger partial charge in [0.25, 0.3) is 0 Å². The first-order valence-corrected chi connectivity index (χ1v) is 11.0. The van der Waals surface area contributed by atoms with Gasteiger partial charge in [-0.3, -0.25) is 9.89 Å². The Kier molecular flexibility index (Phi) is 12.9. The number of aliphatic imine (C=N–C) groups is 1. The van der Waals surface area contributed by atoms with Gasteiger partial charge in [0.2, 0.25) is 0 Å². The van der Waals surface area contributed by atoms with Gasteiger partial charge in [0.1, 0.15) is 5.75 Å². The van der Waals surface area contributed by atoms with Crippen molar-refractivity contribution in [3.8, 4) is 5.75 Å². The van der Waals surface area contributed by atoms with E-state index in [-0.39, 0.29) is 24.0 Å². The van der Waals surface area contributed by atoms with E-state index >= 15 is 0 Å². The Morgan fingerprint density at radius 3 is 2.52 bits per heavy atom. The highest BCUT2D eigenvalue weighted by atomic mass is 127. The minimum Gasteiger partial charge on any atom is -0.497 e. The van der Waals surface area contributed by atoms with Crippen LogP contribution in [0.25, 0.3) is 0 Å². The number of methoxy groups -OCH3 is 1. The molecule has 0 aliphatic carbocycles. The number of ether oxygens (including phenoxy) is 1. The molecule has 0 aromatic heterocycles. The second-order valence-electron chi connectivity index (χ2n) is 6.71. The van der Waals surface area contributed by atoms with Crippen molar-refractivity contribution in [1.82, 2.24) is 15.5 Å².